The Labute approximate surface area is 169 Å². The zero-order valence-electron chi connectivity index (χ0n) is 16.6. The number of carbonyl (C=O) groups excluding carboxylic acids is 1. The number of nitrogens with one attached hydrogen (secondary N) is 2. The predicted octanol–water partition coefficient (Wildman–Crippen LogP) is 4.49. The molecular formula is C22H23N3O4. The van der Waals surface area contributed by atoms with Gasteiger partial charge >= 0.3 is 0 Å². The highest BCUT2D eigenvalue weighted by Crippen LogP contribution is 2.31. The number of anilines is 3. The molecule has 1 aromatic heterocycles. The van der Waals surface area contributed by atoms with Crippen LogP contribution in [0.25, 0.3) is 0 Å². The molecule has 0 spiro atoms. The standard InChI is InChI=1S/C22H23N3O4/c1-4-29-20-8-6-5-7-17(20)25-22(26)15-9-12-21(23-14-15)24-18-13-16(27-2)10-11-19(18)28-3/h5-14H,4H2,1-3H3,(H,23,24)(H,25,26). The summed E-state index contributed by atoms with van der Waals surface area (Å²) in [5.41, 5.74) is 1.75. The number of hydrogen-bond acceptors (Lipinski definition) is 6. The SMILES string of the molecule is CCOc1ccccc1NC(=O)c1ccc(Nc2cc(OC)ccc2OC)nc1. The summed E-state index contributed by atoms with van der Waals surface area (Å²) < 4.78 is 16.1. The summed E-state index contributed by atoms with van der Waals surface area (Å²) in [6.45, 7) is 2.41. The number of rotatable bonds is 8. The minimum Gasteiger partial charge on any atom is -0.497 e. The number of para-hydroxylation sites is 2. The van der Waals surface area contributed by atoms with Crippen molar-refractivity contribution in [3.63, 3.8) is 0 Å². The fraction of sp³-hybridized carbons (Fsp3) is 0.182. The Morgan fingerprint density at radius 1 is 0.966 bits per heavy atom. The van der Waals surface area contributed by atoms with E-state index in [2.05, 4.69) is 15.6 Å². The molecule has 0 aliphatic rings. The molecule has 1 amide bonds. The van der Waals surface area contributed by atoms with Gasteiger partial charge in [0.15, 0.2) is 0 Å². The maximum Gasteiger partial charge on any atom is 0.257 e. The number of pyridine rings is 1. The Morgan fingerprint density at radius 3 is 2.48 bits per heavy atom. The lowest BCUT2D eigenvalue weighted by Gasteiger charge is -2.13. The van der Waals surface area contributed by atoms with Crippen LogP contribution in [-0.4, -0.2) is 31.7 Å². The second-order valence-corrected chi connectivity index (χ2v) is 6.01. The van der Waals surface area contributed by atoms with Gasteiger partial charge in [0, 0.05) is 12.3 Å². The van der Waals surface area contributed by atoms with E-state index >= 15 is 0 Å². The van der Waals surface area contributed by atoms with Crippen molar-refractivity contribution in [2.24, 2.45) is 0 Å². The summed E-state index contributed by atoms with van der Waals surface area (Å²) in [7, 11) is 3.19. The number of carbonyl (C=O) groups is 1. The van der Waals surface area contributed by atoms with Crippen LogP contribution in [-0.2, 0) is 0 Å². The molecule has 0 bridgehead atoms. The summed E-state index contributed by atoms with van der Waals surface area (Å²) >= 11 is 0. The van der Waals surface area contributed by atoms with Crippen molar-refractivity contribution in [1.29, 1.82) is 0 Å². The van der Waals surface area contributed by atoms with Crippen LogP contribution in [0.15, 0.2) is 60.8 Å². The van der Waals surface area contributed by atoms with E-state index in [1.807, 2.05) is 37.3 Å². The van der Waals surface area contributed by atoms with Crippen molar-refractivity contribution in [1.82, 2.24) is 4.98 Å². The molecule has 2 aromatic carbocycles. The largest absolute Gasteiger partial charge is 0.497 e. The van der Waals surface area contributed by atoms with Crippen molar-refractivity contribution >= 4 is 23.1 Å². The summed E-state index contributed by atoms with van der Waals surface area (Å²) in [5, 5.41) is 6.03. The molecule has 7 nitrogen and oxygen atoms in total. The maximum atomic E-state index is 12.6. The summed E-state index contributed by atoms with van der Waals surface area (Å²) in [6.07, 6.45) is 1.51. The number of benzene rings is 2. The molecule has 3 rings (SSSR count). The van der Waals surface area contributed by atoms with Crippen molar-refractivity contribution in [3.05, 3.63) is 66.4 Å². The second-order valence-electron chi connectivity index (χ2n) is 6.01. The Balaban J connectivity index is 1.73. The first-order valence-electron chi connectivity index (χ1n) is 9.13. The first-order chi connectivity index (χ1) is 14.1. The molecule has 0 radical (unpaired) electrons. The van der Waals surface area contributed by atoms with Gasteiger partial charge in [0.05, 0.1) is 37.8 Å². The minimum atomic E-state index is -0.268. The third-order valence-electron chi connectivity index (χ3n) is 4.13. The zero-order chi connectivity index (χ0) is 20.6. The fourth-order valence-electron chi connectivity index (χ4n) is 2.70. The normalized spacial score (nSPS) is 10.2. The van der Waals surface area contributed by atoms with Gasteiger partial charge in [-0.2, -0.15) is 0 Å². The third-order valence-corrected chi connectivity index (χ3v) is 4.13. The number of ether oxygens (including phenoxy) is 3. The number of aromatic nitrogens is 1. The zero-order valence-corrected chi connectivity index (χ0v) is 16.6. The molecule has 0 atom stereocenters. The van der Waals surface area contributed by atoms with E-state index < -0.39 is 0 Å². The number of hydrogen-bond donors (Lipinski definition) is 2. The van der Waals surface area contributed by atoms with Crippen molar-refractivity contribution < 1.29 is 19.0 Å². The topological polar surface area (TPSA) is 81.7 Å². The van der Waals surface area contributed by atoms with Gasteiger partial charge in [0.1, 0.15) is 23.1 Å². The van der Waals surface area contributed by atoms with Crippen molar-refractivity contribution in [3.8, 4) is 17.2 Å². The lowest BCUT2D eigenvalue weighted by atomic mass is 10.2. The van der Waals surface area contributed by atoms with Gasteiger partial charge in [0.25, 0.3) is 5.91 Å². The molecule has 3 aromatic rings. The van der Waals surface area contributed by atoms with E-state index in [0.29, 0.717) is 46.6 Å². The maximum absolute atomic E-state index is 12.6. The highest BCUT2D eigenvalue weighted by molar-refractivity contribution is 6.04. The van der Waals surface area contributed by atoms with E-state index in [9.17, 15) is 4.79 Å². The van der Waals surface area contributed by atoms with Crippen LogP contribution in [0.2, 0.25) is 0 Å². The van der Waals surface area contributed by atoms with Gasteiger partial charge in [-0.15, -0.1) is 0 Å². The van der Waals surface area contributed by atoms with Crippen LogP contribution in [0, 0.1) is 0 Å². The first kappa shape index (κ1) is 20.0. The molecule has 0 saturated carbocycles. The molecule has 0 fully saturated rings. The number of nitrogens with zero attached hydrogens (tertiary/aromatic N) is 1. The molecular weight excluding hydrogens is 370 g/mol. The van der Waals surface area contributed by atoms with Crippen molar-refractivity contribution in [2.75, 3.05) is 31.5 Å². The predicted molar refractivity (Wildman–Crippen MR) is 113 cm³/mol. The van der Waals surface area contributed by atoms with Crippen LogP contribution >= 0.6 is 0 Å². The quantitative estimate of drug-likeness (QED) is 0.587. The van der Waals surface area contributed by atoms with E-state index in [1.165, 1.54) is 6.20 Å². The lowest BCUT2D eigenvalue weighted by Crippen LogP contribution is -2.13. The molecule has 2 N–H and O–H groups in total. The van der Waals surface area contributed by atoms with Gasteiger partial charge < -0.3 is 24.8 Å². The van der Waals surface area contributed by atoms with E-state index in [4.69, 9.17) is 14.2 Å². The van der Waals surface area contributed by atoms with Crippen LogP contribution in [0.4, 0.5) is 17.2 Å². The molecule has 0 aliphatic heterocycles. The van der Waals surface area contributed by atoms with Crippen LogP contribution < -0.4 is 24.8 Å². The van der Waals surface area contributed by atoms with Crippen LogP contribution in [0.3, 0.4) is 0 Å². The monoisotopic (exact) mass is 393 g/mol. The van der Waals surface area contributed by atoms with Gasteiger partial charge in [-0.05, 0) is 43.3 Å². The molecule has 29 heavy (non-hydrogen) atoms. The Morgan fingerprint density at radius 2 is 1.79 bits per heavy atom. The first-order valence-corrected chi connectivity index (χ1v) is 9.13. The Hall–Kier alpha value is -3.74. The molecule has 150 valence electrons. The van der Waals surface area contributed by atoms with Gasteiger partial charge in [-0.1, -0.05) is 12.1 Å². The molecule has 7 heteroatoms. The van der Waals surface area contributed by atoms with Crippen LogP contribution in [0.1, 0.15) is 17.3 Å². The highest BCUT2D eigenvalue weighted by atomic mass is 16.5. The van der Waals surface area contributed by atoms with Gasteiger partial charge in [-0.25, -0.2) is 4.98 Å². The average molecular weight is 393 g/mol. The summed E-state index contributed by atoms with van der Waals surface area (Å²) in [6, 6.07) is 16.1. The minimum absolute atomic E-state index is 0.268. The van der Waals surface area contributed by atoms with Gasteiger partial charge in [-0.3, -0.25) is 4.79 Å². The van der Waals surface area contributed by atoms with Crippen LogP contribution in [0.5, 0.6) is 17.2 Å². The molecule has 0 aliphatic carbocycles. The molecule has 1 heterocycles. The number of amides is 1. The third kappa shape index (κ3) is 4.95. The van der Waals surface area contributed by atoms with E-state index in [0.717, 1.165) is 0 Å². The number of methoxy groups -OCH3 is 2. The smallest absolute Gasteiger partial charge is 0.257 e. The summed E-state index contributed by atoms with van der Waals surface area (Å²) in [5.74, 6) is 2.27. The molecule has 0 saturated heterocycles. The second kappa shape index (κ2) is 9.45. The summed E-state index contributed by atoms with van der Waals surface area (Å²) in [4.78, 5) is 16.9. The Kier molecular flexibility index (Phi) is 6.52. The Bertz CT molecular complexity index is 974. The lowest BCUT2D eigenvalue weighted by molar-refractivity contribution is 0.102. The van der Waals surface area contributed by atoms with E-state index in [1.54, 1.807) is 38.5 Å². The average Bonchev–Trinajstić information content (AvgIpc) is 2.75. The van der Waals surface area contributed by atoms with Gasteiger partial charge in [0.2, 0.25) is 0 Å². The fourth-order valence-corrected chi connectivity index (χ4v) is 2.70. The molecule has 0 unspecified atom stereocenters. The highest BCUT2D eigenvalue weighted by Gasteiger charge is 2.11. The van der Waals surface area contributed by atoms with Crippen molar-refractivity contribution in [2.45, 2.75) is 6.92 Å². The van der Waals surface area contributed by atoms with E-state index in [-0.39, 0.29) is 5.91 Å².